The van der Waals surface area contributed by atoms with E-state index in [1.54, 1.807) is 0 Å². The second-order valence-electron chi connectivity index (χ2n) is 8.59. The van der Waals surface area contributed by atoms with Gasteiger partial charge >= 0.3 is 0 Å². The average Bonchev–Trinajstić information content (AvgIpc) is 3.45. The largest absolute Gasteiger partial charge is 0.377 e. The monoisotopic (exact) mass is 506 g/mol. The Morgan fingerprint density at radius 3 is 2.65 bits per heavy atom. The van der Waals surface area contributed by atoms with Gasteiger partial charge in [0.1, 0.15) is 5.00 Å². The number of anilines is 1. The lowest BCUT2D eigenvalue weighted by Gasteiger charge is -2.25. The van der Waals surface area contributed by atoms with E-state index in [4.69, 9.17) is 10.5 Å². The minimum Gasteiger partial charge on any atom is -0.377 e. The summed E-state index contributed by atoms with van der Waals surface area (Å²) in [5.41, 5.74) is 7.22. The second kappa shape index (κ2) is 10.1. The molecule has 0 aliphatic carbocycles. The number of hydrogen-bond donors (Lipinski definition) is 2. The molecule has 1 aromatic carbocycles. The van der Waals surface area contributed by atoms with Crippen LogP contribution in [0.4, 0.5) is 5.00 Å². The number of nitrogens with zero attached hydrogens (tertiary/aromatic N) is 2. The summed E-state index contributed by atoms with van der Waals surface area (Å²) < 4.78 is 32.6. The van der Waals surface area contributed by atoms with Crippen LogP contribution in [0.2, 0.25) is 0 Å². The molecule has 2 aromatic rings. The fourth-order valence-electron chi connectivity index (χ4n) is 4.38. The number of carbonyl (C=O) groups excluding carboxylic acids is 2. The van der Waals surface area contributed by atoms with E-state index in [-0.39, 0.29) is 16.6 Å². The van der Waals surface area contributed by atoms with E-state index in [2.05, 4.69) is 17.1 Å². The maximum atomic E-state index is 12.9. The zero-order valence-corrected chi connectivity index (χ0v) is 21.0. The molecule has 0 bridgehead atoms. The van der Waals surface area contributed by atoms with E-state index < -0.39 is 21.8 Å². The molecule has 3 heterocycles. The van der Waals surface area contributed by atoms with Gasteiger partial charge in [-0.25, -0.2) is 8.42 Å². The van der Waals surface area contributed by atoms with Gasteiger partial charge in [-0.05, 0) is 55.6 Å². The minimum absolute atomic E-state index is 0.0923. The normalized spacial score (nSPS) is 18.7. The third kappa shape index (κ3) is 5.03. The van der Waals surface area contributed by atoms with Crippen molar-refractivity contribution in [2.45, 2.75) is 43.7 Å². The van der Waals surface area contributed by atoms with E-state index in [0.717, 1.165) is 42.9 Å². The Morgan fingerprint density at radius 2 is 2.03 bits per heavy atom. The molecule has 2 aliphatic heterocycles. The Bertz CT molecular complexity index is 1170. The standard InChI is InChI=1S/C23H30N4O5S2/c1-3-27-11-10-18-19(14-27)33-23(20(18)21(24)28)25-22(29)15-6-8-17(9-7-15)34(30,31)26(2)13-16-5-4-12-32-16/h6-9,16H,3-5,10-14H2,1-2H3,(H2,24,28)(H,25,29)/t16-/m1/s1. The van der Waals surface area contributed by atoms with Gasteiger partial charge in [0.2, 0.25) is 10.0 Å². The number of thiophene rings is 1. The molecule has 1 aromatic heterocycles. The SMILES string of the molecule is CCN1CCc2c(sc(NC(=O)c3ccc(S(=O)(=O)N(C)C[C@H]4CCCO4)cc3)c2C(N)=O)C1. The first-order chi connectivity index (χ1) is 16.2. The number of likely N-dealkylation sites (N-methyl/N-ethyl adjacent to an activating group) is 2. The highest BCUT2D eigenvalue weighted by atomic mass is 32.2. The van der Waals surface area contributed by atoms with Crippen molar-refractivity contribution >= 4 is 38.2 Å². The molecule has 184 valence electrons. The summed E-state index contributed by atoms with van der Waals surface area (Å²) in [6.07, 6.45) is 2.39. The van der Waals surface area contributed by atoms with E-state index in [9.17, 15) is 18.0 Å². The molecule has 1 fully saturated rings. The van der Waals surface area contributed by atoms with E-state index in [1.165, 1.54) is 47.0 Å². The molecule has 4 rings (SSSR count). The number of rotatable bonds is 8. The second-order valence-corrected chi connectivity index (χ2v) is 11.7. The van der Waals surface area contributed by atoms with Crippen molar-refractivity contribution in [2.24, 2.45) is 5.73 Å². The predicted molar refractivity (Wildman–Crippen MR) is 131 cm³/mol. The van der Waals surface area contributed by atoms with Crippen LogP contribution < -0.4 is 11.1 Å². The molecule has 2 amide bonds. The first kappa shape index (κ1) is 24.8. The lowest BCUT2D eigenvalue weighted by molar-refractivity contribution is 0.0978. The van der Waals surface area contributed by atoms with Crippen molar-refractivity contribution in [1.29, 1.82) is 0 Å². The summed E-state index contributed by atoms with van der Waals surface area (Å²) in [7, 11) is -2.17. The molecule has 11 heteroatoms. The van der Waals surface area contributed by atoms with Gasteiger partial charge in [0.05, 0.1) is 16.6 Å². The third-order valence-electron chi connectivity index (χ3n) is 6.37. The number of sulfonamides is 1. The lowest BCUT2D eigenvalue weighted by atomic mass is 10.0. The van der Waals surface area contributed by atoms with Gasteiger partial charge in [-0.2, -0.15) is 4.31 Å². The van der Waals surface area contributed by atoms with Crippen molar-refractivity contribution in [2.75, 3.05) is 38.6 Å². The molecule has 1 saturated heterocycles. The van der Waals surface area contributed by atoms with Crippen molar-refractivity contribution < 1.29 is 22.7 Å². The van der Waals surface area contributed by atoms with E-state index >= 15 is 0 Å². The number of nitrogens with two attached hydrogens (primary N) is 1. The maximum absolute atomic E-state index is 12.9. The van der Waals surface area contributed by atoms with Gasteiger partial charge < -0.3 is 15.8 Å². The molecule has 2 aliphatic rings. The van der Waals surface area contributed by atoms with Crippen molar-refractivity contribution in [3.63, 3.8) is 0 Å². The Hall–Kier alpha value is -2.31. The number of amides is 2. The number of nitrogens with one attached hydrogen (secondary N) is 1. The summed E-state index contributed by atoms with van der Waals surface area (Å²) in [5.74, 6) is -0.987. The van der Waals surface area contributed by atoms with Crippen LogP contribution in [0.5, 0.6) is 0 Å². The highest BCUT2D eigenvalue weighted by molar-refractivity contribution is 7.89. The van der Waals surface area contributed by atoms with Crippen LogP contribution in [0.25, 0.3) is 0 Å². The fourth-order valence-corrected chi connectivity index (χ4v) is 6.87. The molecule has 1 atom stereocenters. The molecule has 0 radical (unpaired) electrons. The van der Waals surface area contributed by atoms with Crippen LogP contribution in [0.1, 0.15) is 50.9 Å². The van der Waals surface area contributed by atoms with Gasteiger partial charge in [-0.1, -0.05) is 6.92 Å². The van der Waals surface area contributed by atoms with Gasteiger partial charge in [0.15, 0.2) is 0 Å². The topological polar surface area (TPSA) is 122 Å². The van der Waals surface area contributed by atoms with Crippen LogP contribution in [0, 0.1) is 0 Å². The highest BCUT2D eigenvalue weighted by Crippen LogP contribution is 2.37. The summed E-state index contributed by atoms with van der Waals surface area (Å²) in [6, 6.07) is 5.78. The van der Waals surface area contributed by atoms with Crippen LogP contribution >= 0.6 is 11.3 Å². The first-order valence-corrected chi connectivity index (χ1v) is 13.6. The predicted octanol–water partition coefficient (Wildman–Crippen LogP) is 2.28. The van der Waals surface area contributed by atoms with Crippen molar-refractivity contribution in [3.05, 3.63) is 45.8 Å². The van der Waals surface area contributed by atoms with E-state index in [1.807, 2.05) is 0 Å². The summed E-state index contributed by atoms with van der Waals surface area (Å²) >= 11 is 1.37. The van der Waals surface area contributed by atoms with Crippen molar-refractivity contribution in [3.8, 4) is 0 Å². The van der Waals surface area contributed by atoms with Crippen LogP contribution in [-0.4, -0.2) is 68.8 Å². The Labute approximate surface area is 203 Å². The number of ether oxygens (including phenoxy) is 1. The zero-order valence-electron chi connectivity index (χ0n) is 19.4. The smallest absolute Gasteiger partial charge is 0.256 e. The molecule has 9 nitrogen and oxygen atoms in total. The number of benzene rings is 1. The highest BCUT2D eigenvalue weighted by Gasteiger charge is 2.28. The maximum Gasteiger partial charge on any atom is 0.256 e. The van der Waals surface area contributed by atoms with Gasteiger partial charge in [-0.3, -0.25) is 14.5 Å². The Morgan fingerprint density at radius 1 is 1.29 bits per heavy atom. The quantitative estimate of drug-likeness (QED) is 0.566. The van der Waals surface area contributed by atoms with Crippen LogP contribution in [0.15, 0.2) is 29.2 Å². The minimum atomic E-state index is -3.70. The van der Waals surface area contributed by atoms with Gasteiger partial charge in [0, 0.05) is 43.7 Å². The third-order valence-corrected chi connectivity index (χ3v) is 9.34. The molecular formula is C23H30N4O5S2. The Balaban J connectivity index is 1.49. The molecule has 0 spiro atoms. The van der Waals surface area contributed by atoms with Crippen LogP contribution in [0.3, 0.4) is 0 Å². The first-order valence-electron chi connectivity index (χ1n) is 11.4. The molecule has 0 unspecified atom stereocenters. The van der Waals surface area contributed by atoms with Gasteiger partial charge in [0.25, 0.3) is 11.8 Å². The number of carbonyl (C=O) groups is 2. The van der Waals surface area contributed by atoms with Gasteiger partial charge in [-0.15, -0.1) is 11.3 Å². The average molecular weight is 507 g/mol. The molecule has 3 N–H and O–H groups in total. The number of fused-ring (bicyclic) bond motifs is 1. The summed E-state index contributed by atoms with van der Waals surface area (Å²) in [4.78, 5) is 28.5. The number of primary amides is 1. The zero-order chi connectivity index (χ0) is 24.5. The Kier molecular flexibility index (Phi) is 7.39. The molecular weight excluding hydrogens is 476 g/mol. The fraction of sp³-hybridized carbons (Fsp3) is 0.478. The molecule has 34 heavy (non-hydrogen) atoms. The molecule has 0 saturated carbocycles. The summed E-state index contributed by atoms with van der Waals surface area (Å²) in [6.45, 7) is 5.50. The lowest BCUT2D eigenvalue weighted by Crippen LogP contribution is -2.34. The van der Waals surface area contributed by atoms with Crippen LogP contribution in [-0.2, 0) is 27.7 Å². The number of hydrogen-bond acceptors (Lipinski definition) is 7. The summed E-state index contributed by atoms with van der Waals surface area (Å²) in [5, 5.41) is 3.25. The van der Waals surface area contributed by atoms with E-state index in [0.29, 0.717) is 30.1 Å². The van der Waals surface area contributed by atoms with Crippen molar-refractivity contribution in [1.82, 2.24) is 9.21 Å².